The quantitative estimate of drug-likeness (QED) is 0.428. The molecule has 2 amide bonds. The van der Waals surface area contributed by atoms with Crippen LogP contribution in [0.3, 0.4) is 0 Å². The van der Waals surface area contributed by atoms with Crippen LogP contribution < -0.4 is 10.2 Å². The summed E-state index contributed by atoms with van der Waals surface area (Å²) in [5.74, 6) is -0.0560. The third-order valence-corrected chi connectivity index (χ3v) is 5.62. The van der Waals surface area contributed by atoms with Gasteiger partial charge in [0.2, 0.25) is 5.95 Å². The standard InChI is InChI=1S/C23H23N7O4/c31-9-2-7-30-20-6-5-18(29-8-10-34-13-21(29)32)12-19(20)26-23(30)27-22(33)16-3-1-4-17(11-16)28-14-24-25-15-28/h1,3-6,11-12,14-15,31H,2,7-10,13H2,(H,26,27,33). The highest BCUT2D eigenvalue weighted by Crippen LogP contribution is 2.27. The molecule has 2 aromatic carbocycles. The maximum absolute atomic E-state index is 13.1. The Kier molecular flexibility index (Phi) is 6.02. The fourth-order valence-electron chi connectivity index (χ4n) is 3.94. The second kappa shape index (κ2) is 9.41. The summed E-state index contributed by atoms with van der Waals surface area (Å²) in [6.07, 6.45) is 3.62. The first-order valence-electron chi connectivity index (χ1n) is 10.9. The summed E-state index contributed by atoms with van der Waals surface area (Å²) in [4.78, 5) is 31.6. The zero-order chi connectivity index (χ0) is 23.5. The summed E-state index contributed by atoms with van der Waals surface area (Å²) in [5, 5.41) is 19.9. The molecule has 2 aromatic heterocycles. The molecule has 34 heavy (non-hydrogen) atoms. The Labute approximate surface area is 194 Å². The fraction of sp³-hybridized carbons (Fsp3) is 0.261. The van der Waals surface area contributed by atoms with Gasteiger partial charge in [-0.05, 0) is 42.8 Å². The minimum absolute atomic E-state index is 0.00834. The van der Waals surface area contributed by atoms with Crippen LogP contribution in [0.15, 0.2) is 55.1 Å². The van der Waals surface area contributed by atoms with Crippen molar-refractivity contribution in [3.05, 3.63) is 60.7 Å². The number of aliphatic hydroxyl groups excluding tert-OH is 1. The molecule has 0 unspecified atom stereocenters. The molecule has 0 atom stereocenters. The Morgan fingerprint density at radius 2 is 1.97 bits per heavy atom. The first-order valence-corrected chi connectivity index (χ1v) is 10.9. The number of aromatic nitrogens is 5. The largest absolute Gasteiger partial charge is 0.396 e. The van der Waals surface area contributed by atoms with Crippen LogP contribution in [0.1, 0.15) is 16.8 Å². The summed E-state index contributed by atoms with van der Waals surface area (Å²) < 4.78 is 8.78. The van der Waals surface area contributed by atoms with E-state index in [0.29, 0.717) is 43.1 Å². The number of anilines is 2. The van der Waals surface area contributed by atoms with Gasteiger partial charge in [-0.15, -0.1) is 10.2 Å². The van der Waals surface area contributed by atoms with Gasteiger partial charge in [0.1, 0.15) is 19.3 Å². The number of amides is 2. The van der Waals surface area contributed by atoms with Gasteiger partial charge in [0.05, 0.1) is 17.6 Å². The Morgan fingerprint density at radius 3 is 2.76 bits per heavy atom. The molecule has 5 rings (SSSR count). The normalized spacial score (nSPS) is 14.0. The van der Waals surface area contributed by atoms with Crippen LogP contribution >= 0.6 is 0 Å². The highest BCUT2D eigenvalue weighted by Gasteiger charge is 2.22. The lowest BCUT2D eigenvalue weighted by Gasteiger charge is -2.26. The van der Waals surface area contributed by atoms with E-state index in [2.05, 4.69) is 20.5 Å². The molecule has 2 N–H and O–H groups in total. The minimum Gasteiger partial charge on any atom is -0.396 e. The summed E-state index contributed by atoms with van der Waals surface area (Å²) in [7, 11) is 0. The van der Waals surface area contributed by atoms with Crippen LogP contribution in [0.4, 0.5) is 11.6 Å². The lowest BCUT2D eigenvalue weighted by Crippen LogP contribution is -2.41. The van der Waals surface area contributed by atoms with Gasteiger partial charge in [0.15, 0.2) is 0 Å². The Hall–Kier alpha value is -4.09. The van der Waals surface area contributed by atoms with E-state index < -0.39 is 0 Å². The number of hydrogen-bond acceptors (Lipinski definition) is 7. The number of imidazole rings is 1. The summed E-state index contributed by atoms with van der Waals surface area (Å²) >= 11 is 0. The zero-order valence-electron chi connectivity index (χ0n) is 18.3. The van der Waals surface area contributed by atoms with Crippen molar-refractivity contribution in [1.29, 1.82) is 0 Å². The van der Waals surface area contributed by atoms with E-state index in [0.717, 1.165) is 16.9 Å². The van der Waals surface area contributed by atoms with Crippen LogP contribution in [0.25, 0.3) is 16.7 Å². The third-order valence-electron chi connectivity index (χ3n) is 5.62. The molecule has 174 valence electrons. The van der Waals surface area contributed by atoms with Crippen molar-refractivity contribution in [3.8, 4) is 5.69 Å². The molecule has 1 aliphatic heterocycles. The maximum Gasteiger partial charge on any atom is 0.258 e. The number of nitrogens with zero attached hydrogens (tertiary/aromatic N) is 6. The number of nitrogens with one attached hydrogen (secondary N) is 1. The van der Waals surface area contributed by atoms with E-state index in [9.17, 15) is 14.7 Å². The highest BCUT2D eigenvalue weighted by molar-refractivity contribution is 6.04. The topological polar surface area (TPSA) is 127 Å². The molecule has 0 spiro atoms. The fourth-order valence-corrected chi connectivity index (χ4v) is 3.94. The third kappa shape index (κ3) is 4.26. The van der Waals surface area contributed by atoms with E-state index in [4.69, 9.17) is 4.74 Å². The molecular formula is C23H23N7O4. The molecule has 1 fully saturated rings. The number of hydrogen-bond donors (Lipinski definition) is 2. The molecule has 0 radical (unpaired) electrons. The Bertz CT molecular complexity index is 1330. The number of rotatable bonds is 7. The van der Waals surface area contributed by atoms with E-state index in [-0.39, 0.29) is 25.0 Å². The van der Waals surface area contributed by atoms with Crippen LogP contribution in [0.5, 0.6) is 0 Å². The second-order valence-electron chi connectivity index (χ2n) is 7.81. The van der Waals surface area contributed by atoms with Gasteiger partial charge in [0, 0.05) is 36.6 Å². The monoisotopic (exact) mass is 461 g/mol. The summed E-state index contributed by atoms with van der Waals surface area (Å²) in [5.41, 5.74) is 3.37. The molecule has 1 saturated heterocycles. The van der Waals surface area contributed by atoms with Crippen molar-refractivity contribution in [2.45, 2.75) is 13.0 Å². The van der Waals surface area contributed by atoms with Gasteiger partial charge in [-0.25, -0.2) is 4.98 Å². The molecule has 11 nitrogen and oxygen atoms in total. The number of ether oxygens (including phenoxy) is 1. The molecule has 11 heteroatoms. The summed E-state index contributed by atoms with van der Waals surface area (Å²) in [6, 6.07) is 12.6. The van der Waals surface area contributed by atoms with Crippen molar-refractivity contribution >= 4 is 34.5 Å². The van der Waals surface area contributed by atoms with Crippen LogP contribution in [-0.4, -0.2) is 67.6 Å². The van der Waals surface area contributed by atoms with Crippen molar-refractivity contribution in [2.24, 2.45) is 0 Å². The molecule has 0 aliphatic carbocycles. The van der Waals surface area contributed by atoms with Gasteiger partial charge in [-0.1, -0.05) is 6.07 Å². The SMILES string of the molecule is O=C(Nc1nc2cc(N3CCOCC3=O)ccc2n1CCCO)c1cccc(-n2cnnc2)c1. The predicted octanol–water partition coefficient (Wildman–Crippen LogP) is 1.61. The average Bonchev–Trinajstić information content (AvgIpc) is 3.51. The van der Waals surface area contributed by atoms with Crippen molar-refractivity contribution in [2.75, 3.05) is 36.6 Å². The van der Waals surface area contributed by atoms with E-state index in [1.807, 2.05) is 28.8 Å². The minimum atomic E-state index is -0.320. The molecule has 1 aliphatic rings. The Morgan fingerprint density at radius 1 is 1.12 bits per heavy atom. The number of aliphatic hydroxyl groups is 1. The van der Waals surface area contributed by atoms with E-state index >= 15 is 0 Å². The van der Waals surface area contributed by atoms with Gasteiger partial charge < -0.3 is 19.3 Å². The molecule has 3 heterocycles. The number of carbonyl (C=O) groups is 2. The molecule has 4 aromatic rings. The molecule has 0 bridgehead atoms. The van der Waals surface area contributed by atoms with Gasteiger partial charge in [0.25, 0.3) is 11.8 Å². The molecular weight excluding hydrogens is 438 g/mol. The van der Waals surface area contributed by atoms with Crippen LogP contribution in [-0.2, 0) is 16.1 Å². The van der Waals surface area contributed by atoms with Crippen molar-refractivity contribution in [3.63, 3.8) is 0 Å². The average molecular weight is 461 g/mol. The number of aryl methyl sites for hydroxylation is 1. The predicted molar refractivity (Wildman–Crippen MR) is 124 cm³/mol. The number of morpholine rings is 1. The van der Waals surface area contributed by atoms with Crippen LogP contribution in [0.2, 0.25) is 0 Å². The van der Waals surface area contributed by atoms with E-state index in [1.54, 1.807) is 40.3 Å². The van der Waals surface area contributed by atoms with Crippen molar-refractivity contribution in [1.82, 2.24) is 24.3 Å². The van der Waals surface area contributed by atoms with E-state index in [1.165, 1.54) is 0 Å². The Balaban J connectivity index is 1.46. The number of carbonyl (C=O) groups excluding carboxylic acids is 2. The number of benzene rings is 2. The van der Waals surface area contributed by atoms with Gasteiger partial charge in [-0.3, -0.25) is 19.5 Å². The highest BCUT2D eigenvalue weighted by atomic mass is 16.5. The molecule has 0 saturated carbocycles. The van der Waals surface area contributed by atoms with Crippen molar-refractivity contribution < 1.29 is 19.4 Å². The second-order valence-corrected chi connectivity index (χ2v) is 7.81. The lowest BCUT2D eigenvalue weighted by atomic mass is 10.2. The summed E-state index contributed by atoms with van der Waals surface area (Å²) in [6.45, 7) is 1.48. The first kappa shape index (κ1) is 21.7. The zero-order valence-corrected chi connectivity index (χ0v) is 18.3. The lowest BCUT2D eigenvalue weighted by molar-refractivity contribution is -0.125. The first-order chi connectivity index (χ1) is 16.6. The van der Waals surface area contributed by atoms with Gasteiger partial charge in [-0.2, -0.15) is 0 Å². The maximum atomic E-state index is 13.1. The van der Waals surface area contributed by atoms with Gasteiger partial charge >= 0.3 is 0 Å². The van der Waals surface area contributed by atoms with Crippen LogP contribution in [0, 0.1) is 0 Å². The number of fused-ring (bicyclic) bond motifs is 1. The smallest absolute Gasteiger partial charge is 0.258 e.